The molecule has 0 saturated heterocycles. The minimum atomic E-state index is -0.303. The molecule has 82 valence electrons. The molecule has 0 spiro atoms. The summed E-state index contributed by atoms with van der Waals surface area (Å²) in [7, 11) is 1.38. The Morgan fingerprint density at radius 2 is 2.27 bits per heavy atom. The third kappa shape index (κ3) is 2.68. The van der Waals surface area contributed by atoms with E-state index in [-0.39, 0.29) is 22.7 Å². The first-order chi connectivity index (χ1) is 7.10. The Bertz CT molecular complexity index is 425. The molecule has 0 fully saturated rings. The summed E-state index contributed by atoms with van der Waals surface area (Å²) in [5.74, 6) is -0.0376. The molecule has 1 aromatic rings. The van der Waals surface area contributed by atoms with Crippen LogP contribution >= 0.6 is 15.9 Å². The van der Waals surface area contributed by atoms with E-state index in [4.69, 9.17) is 4.74 Å². The lowest BCUT2D eigenvalue weighted by Crippen LogP contribution is -2.14. The maximum atomic E-state index is 11.7. The smallest absolute Gasteiger partial charge is 0.225 e. The number of pyridine rings is 1. The highest BCUT2D eigenvalue weighted by molar-refractivity contribution is 9.10. The van der Waals surface area contributed by atoms with Crippen molar-refractivity contribution >= 4 is 21.7 Å². The molecule has 1 rings (SSSR count). The van der Waals surface area contributed by atoms with Gasteiger partial charge in [0.05, 0.1) is 11.7 Å². The monoisotopic (exact) mass is 273 g/mol. The number of H-pyrrole nitrogens is 1. The fourth-order valence-corrected chi connectivity index (χ4v) is 1.67. The Labute approximate surface area is 95.8 Å². The first-order valence-corrected chi connectivity index (χ1v) is 5.39. The second kappa shape index (κ2) is 5.11. The van der Waals surface area contributed by atoms with E-state index in [1.54, 1.807) is 0 Å². The van der Waals surface area contributed by atoms with Gasteiger partial charge in [-0.25, -0.2) is 0 Å². The normalized spacial score (nSPS) is 10.1. The van der Waals surface area contributed by atoms with Crippen LogP contribution in [0.3, 0.4) is 0 Å². The van der Waals surface area contributed by atoms with Gasteiger partial charge in [0.25, 0.3) is 0 Å². The van der Waals surface area contributed by atoms with Crippen LogP contribution in [-0.2, 0) is 0 Å². The van der Waals surface area contributed by atoms with Crippen molar-refractivity contribution in [3.05, 3.63) is 26.6 Å². The molecule has 0 bridgehead atoms. The Morgan fingerprint density at radius 1 is 1.60 bits per heavy atom. The van der Waals surface area contributed by atoms with Crippen LogP contribution in [0.15, 0.2) is 15.5 Å². The topological polar surface area (TPSA) is 59.2 Å². The Morgan fingerprint density at radius 3 is 2.80 bits per heavy atom. The number of carbonyl (C=O) groups is 1. The van der Waals surface area contributed by atoms with Gasteiger partial charge in [-0.15, -0.1) is 0 Å². The van der Waals surface area contributed by atoms with Crippen molar-refractivity contribution in [3.63, 3.8) is 0 Å². The predicted octanol–water partition coefficient (Wildman–Crippen LogP) is 2.13. The van der Waals surface area contributed by atoms with Crippen molar-refractivity contribution in [3.8, 4) is 5.75 Å². The van der Waals surface area contributed by atoms with Gasteiger partial charge in [0.1, 0.15) is 5.69 Å². The summed E-state index contributed by atoms with van der Waals surface area (Å²) in [4.78, 5) is 25.9. The number of Topliss-reactive ketones (excluding diaryl/α,β-unsaturated/α-hetero) is 1. The van der Waals surface area contributed by atoms with Crippen LogP contribution in [0.5, 0.6) is 5.75 Å². The van der Waals surface area contributed by atoms with Gasteiger partial charge >= 0.3 is 0 Å². The summed E-state index contributed by atoms with van der Waals surface area (Å²) in [6.45, 7) is 1.90. The lowest BCUT2D eigenvalue weighted by atomic mass is 10.1. The second-order valence-electron chi connectivity index (χ2n) is 3.06. The number of ketones is 1. The van der Waals surface area contributed by atoms with Crippen LogP contribution in [0.25, 0.3) is 0 Å². The number of hydrogen-bond acceptors (Lipinski definition) is 3. The van der Waals surface area contributed by atoms with Crippen molar-refractivity contribution in [2.24, 2.45) is 0 Å². The number of methoxy groups -OCH3 is 1. The van der Waals surface area contributed by atoms with Crippen molar-refractivity contribution in [1.82, 2.24) is 4.98 Å². The summed E-state index contributed by atoms with van der Waals surface area (Å²) >= 11 is 3.13. The van der Waals surface area contributed by atoms with Crippen molar-refractivity contribution in [2.75, 3.05) is 7.11 Å². The largest absolute Gasteiger partial charge is 0.491 e. The van der Waals surface area contributed by atoms with Gasteiger partial charge in [-0.2, -0.15) is 0 Å². The van der Waals surface area contributed by atoms with Gasteiger partial charge in [-0.3, -0.25) is 9.59 Å². The van der Waals surface area contributed by atoms with Crippen molar-refractivity contribution in [2.45, 2.75) is 19.8 Å². The highest BCUT2D eigenvalue weighted by atomic mass is 79.9. The number of aromatic amines is 1. The molecule has 1 N–H and O–H groups in total. The van der Waals surface area contributed by atoms with Crippen LogP contribution in [0.4, 0.5) is 0 Å². The highest BCUT2D eigenvalue weighted by Crippen LogP contribution is 2.16. The van der Waals surface area contributed by atoms with Gasteiger partial charge in [0, 0.05) is 12.5 Å². The van der Waals surface area contributed by atoms with Crippen molar-refractivity contribution in [1.29, 1.82) is 0 Å². The van der Waals surface area contributed by atoms with E-state index >= 15 is 0 Å². The molecule has 0 aliphatic rings. The third-order valence-corrected chi connectivity index (χ3v) is 2.34. The maximum Gasteiger partial charge on any atom is 0.225 e. The van der Waals surface area contributed by atoms with Crippen molar-refractivity contribution < 1.29 is 9.53 Å². The zero-order valence-electron chi connectivity index (χ0n) is 8.59. The third-order valence-electron chi connectivity index (χ3n) is 1.91. The first-order valence-electron chi connectivity index (χ1n) is 4.60. The van der Waals surface area contributed by atoms with E-state index < -0.39 is 0 Å². The number of ether oxygens (including phenoxy) is 1. The second-order valence-corrected chi connectivity index (χ2v) is 3.92. The summed E-state index contributed by atoms with van der Waals surface area (Å²) in [5.41, 5.74) is -0.0682. The quantitative estimate of drug-likeness (QED) is 0.675. The highest BCUT2D eigenvalue weighted by Gasteiger charge is 2.15. The molecular formula is C10H12BrNO3. The van der Waals surface area contributed by atoms with Crippen LogP contribution in [0, 0.1) is 0 Å². The number of rotatable bonds is 4. The van der Waals surface area contributed by atoms with Crippen LogP contribution in [-0.4, -0.2) is 17.9 Å². The Balaban J connectivity index is 3.26. The molecule has 0 aromatic carbocycles. The zero-order chi connectivity index (χ0) is 11.4. The molecule has 0 radical (unpaired) electrons. The molecule has 0 aliphatic heterocycles. The van der Waals surface area contributed by atoms with Crippen LogP contribution in [0.1, 0.15) is 30.3 Å². The molecule has 1 heterocycles. The van der Waals surface area contributed by atoms with E-state index in [1.165, 1.54) is 13.2 Å². The number of carbonyl (C=O) groups excluding carboxylic acids is 1. The van der Waals surface area contributed by atoms with Gasteiger partial charge in [-0.1, -0.05) is 6.92 Å². The SMILES string of the molecule is CCCC(=O)c1[nH]c(Br)cc(=O)c1OC. The molecular weight excluding hydrogens is 262 g/mol. The molecule has 0 unspecified atom stereocenters. The molecule has 0 atom stereocenters. The van der Waals surface area contributed by atoms with E-state index in [9.17, 15) is 9.59 Å². The maximum absolute atomic E-state index is 11.7. The molecule has 0 aliphatic carbocycles. The van der Waals surface area contributed by atoms with E-state index in [0.29, 0.717) is 11.0 Å². The Kier molecular flexibility index (Phi) is 4.08. The number of halogens is 1. The van der Waals surface area contributed by atoms with E-state index in [0.717, 1.165) is 6.42 Å². The molecule has 0 saturated carbocycles. The number of aromatic nitrogens is 1. The fraction of sp³-hybridized carbons (Fsp3) is 0.400. The standard InChI is InChI=1S/C10H12BrNO3/c1-3-4-6(13)9-10(15-2)7(14)5-8(11)12-9/h5H,3-4H2,1-2H3,(H,12,14). The lowest BCUT2D eigenvalue weighted by molar-refractivity contribution is 0.0973. The predicted molar refractivity (Wildman–Crippen MR) is 60.6 cm³/mol. The number of nitrogens with one attached hydrogen (secondary N) is 1. The van der Waals surface area contributed by atoms with E-state index in [1.807, 2.05) is 6.92 Å². The molecule has 4 nitrogen and oxygen atoms in total. The van der Waals surface area contributed by atoms with Gasteiger partial charge < -0.3 is 9.72 Å². The average molecular weight is 274 g/mol. The van der Waals surface area contributed by atoms with E-state index in [2.05, 4.69) is 20.9 Å². The Hall–Kier alpha value is -1.10. The fourth-order valence-electron chi connectivity index (χ4n) is 1.27. The zero-order valence-corrected chi connectivity index (χ0v) is 10.2. The minimum Gasteiger partial charge on any atom is -0.491 e. The average Bonchev–Trinajstić information content (AvgIpc) is 2.17. The summed E-state index contributed by atoms with van der Waals surface area (Å²) < 4.78 is 5.39. The summed E-state index contributed by atoms with van der Waals surface area (Å²) in [6, 6.07) is 1.33. The van der Waals surface area contributed by atoms with Gasteiger partial charge in [0.2, 0.25) is 5.43 Å². The number of hydrogen-bond donors (Lipinski definition) is 1. The lowest BCUT2D eigenvalue weighted by Gasteiger charge is -2.06. The minimum absolute atomic E-state index is 0.0802. The first kappa shape index (κ1) is 12.0. The van der Waals surface area contributed by atoms with Crippen LogP contribution in [0.2, 0.25) is 0 Å². The summed E-state index contributed by atoms with van der Waals surface area (Å²) in [6.07, 6.45) is 1.12. The molecule has 0 amide bonds. The van der Waals surface area contributed by atoms with Gasteiger partial charge in [0.15, 0.2) is 11.5 Å². The summed E-state index contributed by atoms with van der Waals surface area (Å²) in [5, 5.41) is 0. The van der Waals surface area contributed by atoms with Gasteiger partial charge in [-0.05, 0) is 22.4 Å². The molecule has 5 heteroatoms. The molecule has 15 heavy (non-hydrogen) atoms. The molecule has 1 aromatic heterocycles. The van der Waals surface area contributed by atoms with Crippen LogP contribution < -0.4 is 10.2 Å².